The molecule has 1 amide bonds. The van der Waals surface area contributed by atoms with Crippen LogP contribution in [0.4, 0.5) is 0 Å². The molecular formula is C14H14ClNO3. The number of carbonyl (C=O) groups is 2. The molecule has 0 atom stereocenters. The van der Waals surface area contributed by atoms with Crippen LogP contribution in [0.3, 0.4) is 0 Å². The average molecular weight is 280 g/mol. The number of carboxylic acid groups (broad SMARTS) is 1. The Balaban J connectivity index is 2.18. The first kappa shape index (κ1) is 13.6. The number of nitrogens with zero attached hydrogens (tertiary/aromatic N) is 1. The normalized spacial score (nSPS) is 15.1. The van der Waals surface area contributed by atoms with Crippen LogP contribution >= 0.6 is 11.6 Å². The highest BCUT2D eigenvalue weighted by Gasteiger charge is 2.19. The molecule has 1 aliphatic rings. The Labute approximate surface area is 116 Å². The van der Waals surface area contributed by atoms with Gasteiger partial charge in [-0.2, -0.15) is 0 Å². The van der Waals surface area contributed by atoms with E-state index >= 15 is 0 Å². The lowest BCUT2D eigenvalue weighted by Gasteiger charge is -2.15. The second kappa shape index (κ2) is 5.89. The molecule has 1 aromatic rings. The van der Waals surface area contributed by atoms with Crippen LogP contribution in [0.15, 0.2) is 24.3 Å². The van der Waals surface area contributed by atoms with Gasteiger partial charge < -0.3 is 10.0 Å². The van der Waals surface area contributed by atoms with Gasteiger partial charge in [-0.05, 0) is 36.6 Å². The molecule has 2 rings (SSSR count). The monoisotopic (exact) mass is 279 g/mol. The summed E-state index contributed by atoms with van der Waals surface area (Å²) < 4.78 is 0. The summed E-state index contributed by atoms with van der Waals surface area (Å²) in [6, 6.07) is 4.92. The van der Waals surface area contributed by atoms with Crippen molar-refractivity contribution in [2.45, 2.75) is 12.8 Å². The van der Waals surface area contributed by atoms with E-state index in [0.29, 0.717) is 16.1 Å². The fraction of sp³-hybridized carbons (Fsp3) is 0.286. The summed E-state index contributed by atoms with van der Waals surface area (Å²) >= 11 is 6.05. The van der Waals surface area contributed by atoms with Gasteiger partial charge >= 0.3 is 5.97 Å². The van der Waals surface area contributed by atoms with Crippen LogP contribution in [0.25, 0.3) is 6.08 Å². The summed E-state index contributed by atoms with van der Waals surface area (Å²) in [6.07, 6.45) is 4.51. The van der Waals surface area contributed by atoms with Crippen molar-refractivity contribution >= 4 is 29.6 Å². The summed E-state index contributed by atoms with van der Waals surface area (Å²) in [7, 11) is 0. The minimum absolute atomic E-state index is 0.0202. The number of hydrogen-bond acceptors (Lipinski definition) is 2. The molecule has 5 heteroatoms. The molecule has 1 fully saturated rings. The second-order valence-corrected chi connectivity index (χ2v) is 4.81. The van der Waals surface area contributed by atoms with Crippen LogP contribution in [-0.2, 0) is 4.79 Å². The molecule has 1 N–H and O–H groups in total. The van der Waals surface area contributed by atoms with E-state index in [1.165, 1.54) is 6.08 Å². The lowest BCUT2D eigenvalue weighted by Crippen LogP contribution is -2.27. The molecule has 0 saturated carbocycles. The smallest absolute Gasteiger partial charge is 0.328 e. The zero-order valence-corrected chi connectivity index (χ0v) is 11.1. The van der Waals surface area contributed by atoms with Crippen molar-refractivity contribution in [1.82, 2.24) is 4.90 Å². The van der Waals surface area contributed by atoms with Crippen LogP contribution in [0.5, 0.6) is 0 Å². The molecule has 1 aromatic carbocycles. The van der Waals surface area contributed by atoms with Crippen molar-refractivity contribution in [1.29, 1.82) is 0 Å². The number of likely N-dealkylation sites (tertiary alicyclic amines) is 1. The van der Waals surface area contributed by atoms with E-state index in [0.717, 1.165) is 32.0 Å². The Bertz CT molecular complexity index is 533. The minimum Gasteiger partial charge on any atom is -0.478 e. The summed E-state index contributed by atoms with van der Waals surface area (Å²) in [6.45, 7) is 1.58. The van der Waals surface area contributed by atoms with E-state index in [-0.39, 0.29) is 5.91 Å². The number of carbonyl (C=O) groups excluding carboxylic acids is 1. The van der Waals surface area contributed by atoms with E-state index in [2.05, 4.69) is 0 Å². The van der Waals surface area contributed by atoms with E-state index in [4.69, 9.17) is 16.7 Å². The second-order valence-electron chi connectivity index (χ2n) is 4.41. The maximum Gasteiger partial charge on any atom is 0.328 e. The molecule has 1 saturated heterocycles. The standard InChI is InChI=1S/C14H14ClNO3/c15-12-9-11(14(19)16-7-1-2-8-16)4-3-10(12)5-6-13(17)18/h3-6,9H,1-2,7-8H2,(H,17,18)/b6-5+. The van der Waals surface area contributed by atoms with Gasteiger partial charge in [-0.3, -0.25) is 4.79 Å². The third kappa shape index (κ3) is 3.35. The van der Waals surface area contributed by atoms with Gasteiger partial charge in [0.05, 0.1) is 0 Å². The summed E-state index contributed by atoms with van der Waals surface area (Å²) in [5.74, 6) is -1.05. The summed E-state index contributed by atoms with van der Waals surface area (Å²) in [5.41, 5.74) is 1.13. The number of rotatable bonds is 3. The molecule has 0 aliphatic carbocycles. The predicted molar refractivity (Wildman–Crippen MR) is 73.3 cm³/mol. The molecule has 0 spiro atoms. The number of amides is 1. The molecular weight excluding hydrogens is 266 g/mol. The number of halogens is 1. The molecule has 1 aliphatic heterocycles. The molecule has 1 heterocycles. The van der Waals surface area contributed by atoms with Crippen molar-refractivity contribution in [3.05, 3.63) is 40.4 Å². The Morgan fingerprint density at radius 2 is 1.95 bits per heavy atom. The Hall–Kier alpha value is -1.81. The minimum atomic E-state index is -1.03. The highest BCUT2D eigenvalue weighted by molar-refractivity contribution is 6.32. The van der Waals surface area contributed by atoms with Crippen molar-refractivity contribution in [2.24, 2.45) is 0 Å². The fourth-order valence-corrected chi connectivity index (χ4v) is 2.30. The van der Waals surface area contributed by atoms with Crippen molar-refractivity contribution in [2.75, 3.05) is 13.1 Å². The molecule has 4 nitrogen and oxygen atoms in total. The summed E-state index contributed by atoms with van der Waals surface area (Å²) in [4.78, 5) is 24.4. The Morgan fingerprint density at radius 1 is 1.26 bits per heavy atom. The number of benzene rings is 1. The van der Waals surface area contributed by atoms with Crippen LogP contribution in [-0.4, -0.2) is 35.0 Å². The van der Waals surface area contributed by atoms with Gasteiger partial charge in [-0.25, -0.2) is 4.79 Å². The third-order valence-electron chi connectivity index (χ3n) is 3.05. The van der Waals surface area contributed by atoms with Crippen molar-refractivity contribution in [3.8, 4) is 0 Å². The Kier molecular flexibility index (Phi) is 4.22. The summed E-state index contributed by atoms with van der Waals surface area (Å²) in [5, 5.41) is 8.94. The molecule has 0 radical (unpaired) electrons. The fourth-order valence-electron chi connectivity index (χ4n) is 2.06. The topological polar surface area (TPSA) is 57.6 Å². The van der Waals surface area contributed by atoms with Gasteiger partial charge in [-0.15, -0.1) is 0 Å². The zero-order valence-electron chi connectivity index (χ0n) is 10.3. The highest BCUT2D eigenvalue weighted by atomic mass is 35.5. The van der Waals surface area contributed by atoms with Gasteiger partial charge in [0.15, 0.2) is 0 Å². The maximum atomic E-state index is 12.1. The van der Waals surface area contributed by atoms with Crippen LogP contribution in [0, 0.1) is 0 Å². The lowest BCUT2D eigenvalue weighted by molar-refractivity contribution is -0.131. The van der Waals surface area contributed by atoms with Crippen LogP contribution < -0.4 is 0 Å². The van der Waals surface area contributed by atoms with Gasteiger partial charge in [0.25, 0.3) is 5.91 Å². The first-order chi connectivity index (χ1) is 9.08. The van der Waals surface area contributed by atoms with Crippen molar-refractivity contribution < 1.29 is 14.7 Å². The van der Waals surface area contributed by atoms with E-state index in [9.17, 15) is 9.59 Å². The van der Waals surface area contributed by atoms with Gasteiger partial charge in [0.2, 0.25) is 0 Å². The molecule has 0 bridgehead atoms. The number of carboxylic acids is 1. The SMILES string of the molecule is O=C(O)/C=C/c1ccc(C(=O)N2CCCC2)cc1Cl. The molecule has 19 heavy (non-hydrogen) atoms. The Morgan fingerprint density at radius 3 is 2.53 bits per heavy atom. The lowest BCUT2D eigenvalue weighted by atomic mass is 10.1. The third-order valence-corrected chi connectivity index (χ3v) is 3.37. The predicted octanol–water partition coefficient (Wildman–Crippen LogP) is 2.67. The van der Waals surface area contributed by atoms with Gasteiger partial charge in [0, 0.05) is 29.8 Å². The average Bonchev–Trinajstić information content (AvgIpc) is 2.90. The molecule has 0 aromatic heterocycles. The van der Waals surface area contributed by atoms with Crippen molar-refractivity contribution in [3.63, 3.8) is 0 Å². The zero-order chi connectivity index (χ0) is 13.8. The highest BCUT2D eigenvalue weighted by Crippen LogP contribution is 2.21. The van der Waals surface area contributed by atoms with Gasteiger partial charge in [0.1, 0.15) is 0 Å². The first-order valence-corrected chi connectivity index (χ1v) is 6.45. The van der Waals surface area contributed by atoms with E-state index in [1.807, 2.05) is 0 Å². The number of aliphatic carboxylic acids is 1. The maximum absolute atomic E-state index is 12.1. The van der Waals surface area contributed by atoms with E-state index < -0.39 is 5.97 Å². The largest absolute Gasteiger partial charge is 0.478 e. The van der Waals surface area contributed by atoms with Gasteiger partial charge in [-0.1, -0.05) is 17.7 Å². The van der Waals surface area contributed by atoms with Crippen LogP contribution in [0.2, 0.25) is 5.02 Å². The quantitative estimate of drug-likeness (QED) is 0.866. The molecule has 100 valence electrons. The van der Waals surface area contributed by atoms with Crippen LogP contribution in [0.1, 0.15) is 28.8 Å². The molecule has 0 unspecified atom stereocenters. The van der Waals surface area contributed by atoms with E-state index in [1.54, 1.807) is 23.1 Å². The number of hydrogen-bond donors (Lipinski definition) is 1. The first-order valence-electron chi connectivity index (χ1n) is 6.08.